The van der Waals surface area contributed by atoms with E-state index in [0.717, 1.165) is 16.9 Å². The lowest BCUT2D eigenvalue weighted by molar-refractivity contribution is 0.0954. The number of urea groups is 1. The fourth-order valence-electron chi connectivity index (χ4n) is 2.77. The van der Waals surface area contributed by atoms with Gasteiger partial charge < -0.3 is 20.1 Å². The number of amides is 3. The molecule has 3 amide bonds. The summed E-state index contributed by atoms with van der Waals surface area (Å²) in [5.74, 6) is 1.08. The van der Waals surface area contributed by atoms with Crippen molar-refractivity contribution < 1.29 is 19.1 Å². The van der Waals surface area contributed by atoms with Crippen molar-refractivity contribution in [1.29, 1.82) is 0 Å². The van der Waals surface area contributed by atoms with Crippen molar-refractivity contribution in [3.8, 4) is 11.5 Å². The van der Waals surface area contributed by atoms with Crippen LogP contribution in [0.2, 0.25) is 5.02 Å². The van der Waals surface area contributed by atoms with Gasteiger partial charge in [-0.15, -0.1) is 0 Å². The molecule has 0 unspecified atom stereocenters. The van der Waals surface area contributed by atoms with Gasteiger partial charge in [0, 0.05) is 17.3 Å². The van der Waals surface area contributed by atoms with E-state index in [1.54, 1.807) is 31.2 Å². The second kappa shape index (κ2) is 8.60. The zero-order valence-electron chi connectivity index (χ0n) is 15.8. The van der Waals surface area contributed by atoms with Gasteiger partial charge in [-0.05, 0) is 48.9 Å². The van der Waals surface area contributed by atoms with Crippen molar-refractivity contribution >= 4 is 45.7 Å². The first-order valence-electron chi connectivity index (χ1n) is 8.95. The van der Waals surface area contributed by atoms with Crippen LogP contribution in [0.3, 0.4) is 0 Å². The van der Waals surface area contributed by atoms with Gasteiger partial charge in [-0.3, -0.25) is 10.1 Å². The lowest BCUT2D eigenvalue weighted by Crippen LogP contribution is -2.22. The minimum atomic E-state index is -0.460. The van der Waals surface area contributed by atoms with E-state index in [0.29, 0.717) is 44.5 Å². The van der Waals surface area contributed by atoms with Gasteiger partial charge in [0.15, 0.2) is 16.6 Å². The molecule has 1 aliphatic heterocycles. The largest absolute Gasteiger partial charge is 0.454 e. The number of halogens is 1. The maximum absolute atomic E-state index is 12.6. The fourth-order valence-corrected chi connectivity index (χ4v) is 3.77. The van der Waals surface area contributed by atoms with E-state index >= 15 is 0 Å². The van der Waals surface area contributed by atoms with E-state index in [1.807, 2.05) is 18.2 Å². The average Bonchev–Trinajstić information content (AvgIpc) is 3.33. The van der Waals surface area contributed by atoms with Crippen LogP contribution in [0, 0.1) is 6.92 Å². The topological polar surface area (TPSA) is 102 Å². The van der Waals surface area contributed by atoms with E-state index in [1.165, 1.54) is 0 Å². The molecular weight excluding hydrogens is 428 g/mol. The fraction of sp³-hybridized carbons (Fsp3) is 0.150. The Morgan fingerprint density at radius 1 is 1.10 bits per heavy atom. The molecule has 0 saturated carbocycles. The number of rotatable bonds is 5. The highest BCUT2D eigenvalue weighted by Crippen LogP contribution is 2.32. The summed E-state index contributed by atoms with van der Waals surface area (Å²) < 4.78 is 10.6. The van der Waals surface area contributed by atoms with Crippen LogP contribution in [-0.4, -0.2) is 23.7 Å². The first-order valence-corrected chi connectivity index (χ1v) is 10.1. The zero-order chi connectivity index (χ0) is 21.1. The van der Waals surface area contributed by atoms with Gasteiger partial charge in [0.25, 0.3) is 5.91 Å². The number of fused-ring (bicyclic) bond motifs is 1. The number of aromatic nitrogens is 1. The van der Waals surface area contributed by atoms with Crippen LogP contribution in [-0.2, 0) is 6.54 Å². The number of benzene rings is 2. The molecule has 0 spiro atoms. The molecule has 4 rings (SSSR count). The molecular formula is C20H17ClN4O4S. The van der Waals surface area contributed by atoms with Crippen LogP contribution in [0.15, 0.2) is 42.5 Å². The quantitative estimate of drug-likeness (QED) is 0.541. The van der Waals surface area contributed by atoms with Gasteiger partial charge in [-0.2, -0.15) is 0 Å². The summed E-state index contributed by atoms with van der Waals surface area (Å²) in [4.78, 5) is 29.4. The molecule has 0 saturated heterocycles. The standard InChI is InChI=1S/C20H17ClN4O4S/c1-11-17(18(26)22-9-12-2-7-15-16(8-12)29-10-28-15)30-20(23-11)25-19(27)24-14-5-3-13(21)4-6-14/h2-8H,9-10H2,1H3,(H,22,26)(H2,23,24,25,27). The number of nitrogens with one attached hydrogen (secondary N) is 3. The maximum atomic E-state index is 12.6. The summed E-state index contributed by atoms with van der Waals surface area (Å²) in [7, 11) is 0. The number of ether oxygens (including phenoxy) is 2. The third-order valence-corrected chi connectivity index (χ3v) is 5.54. The predicted molar refractivity (Wildman–Crippen MR) is 115 cm³/mol. The van der Waals surface area contributed by atoms with Crippen molar-refractivity contribution in [2.45, 2.75) is 13.5 Å². The van der Waals surface area contributed by atoms with E-state index < -0.39 is 6.03 Å². The van der Waals surface area contributed by atoms with Gasteiger partial charge in [0.1, 0.15) is 4.88 Å². The van der Waals surface area contributed by atoms with Crippen molar-refractivity contribution in [3.05, 3.63) is 63.6 Å². The van der Waals surface area contributed by atoms with E-state index in [-0.39, 0.29) is 12.7 Å². The molecule has 10 heteroatoms. The monoisotopic (exact) mass is 444 g/mol. The minimum Gasteiger partial charge on any atom is -0.454 e. The Labute approximate surface area is 181 Å². The first kappa shape index (κ1) is 20.0. The smallest absolute Gasteiger partial charge is 0.325 e. The van der Waals surface area contributed by atoms with Crippen LogP contribution < -0.4 is 25.4 Å². The van der Waals surface area contributed by atoms with Crippen LogP contribution in [0.25, 0.3) is 0 Å². The second-order valence-electron chi connectivity index (χ2n) is 6.39. The first-order chi connectivity index (χ1) is 14.5. The van der Waals surface area contributed by atoms with Crippen molar-refractivity contribution in [2.24, 2.45) is 0 Å². The Balaban J connectivity index is 1.35. The Kier molecular flexibility index (Phi) is 5.73. The van der Waals surface area contributed by atoms with Crippen LogP contribution >= 0.6 is 22.9 Å². The molecule has 154 valence electrons. The number of hydrogen-bond donors (Lipinski definition) is 3. The molecule has 0 fully saturated rings. The second-order valence-corrected chi connectivity index (χ2v) is 7.83. The molecule has 0 bridgehead atoms. The summed E-state index contributed by atoms with van der Waals surface area (Å²) in [5, 5.41) is 9.07. The van der Waals surface area contributed by atoms with Gasteiger partial charge in [0.2, 0.25) is 6.79 Å². The lowest BCUT2D eigenvalue weighted by atomic mass is 10.2. The predicted octanol–water partition coefficient (Wildman–Crippen LogP) is 4.41. The number of hydrogen-bond acceptors (Lipinski definition) is 6. The zero-order valence-corrected chi connectivity index (χ0v) is 17.4. The van der Waals surface area contributed by atoms with E-state index in [2.05, 4.69) is 20.9 Å². The molecule has 3 N–H and O–H groups in total. The summed E-state index contributed by atoms with van der Waals surface area (Å²) in [6.45, 7) is 2.24. The van der Waals surface area contributed by atoms with Gasteiger partial charge in [-0.25, -0.2) is 9.78 Å². The number of nitrogens with zero attached hydrogens (tertiary/aromatic N) is 1. The number of anilines is 2. The molecule has 8 nitrogen and oxygen atoms in total. The van der Waals surface area contributed by atoms with Crippen LogP contribution in [0.1, 0.15) is 20.9 Å². The van der Waals surface area contributed by atoms with E-state index in [9.17, 15) is 9.59 Å². The number of aryl methyl sites for hydroxylation is 1. The molecule has 0 aliphatic carbocycles. The van der Waals surface area contributed by atoms with Crippen molar-refractivity contribution in [2.75, 3.05) is 17.4 Å². The summed E-state index contributed by atoms with van der Waals surface area (Å²) in [6, 6.07) is 11.8. The van der Waals surface area contributed by atoms with Crippen molar-refractivity contribution in [3.63, 3.8) is 0 Å². The van der Waals surface area contributed by atoms with Crippen LogP contribution in [0.5, 0.6) is 11.5 Å². The minimum absolute atomic E-state index is 0.201. The molecule has 3 aromatic rings. The number of thiazole rings is 1. The van der Waals surface area contributed by atoms with Gasteiger partial charge in [-0.1, -0.05) is 29.0 Å². The Bertz CT molecular complexity index is 1100. The van der Waals surface area contributed by atoms with Gasteiger partial charge in [0.05, 0.1) is 5.69 Å². The number of carbonyl (C=O) groups excluding carboxylic acids is 2. The Morgan fingerprint density at radius 3 is 2.67 bits per heavy atom. The van der Waals surface area contributed by atoms with Crippen molar-refractivity contribution in [1.82, 2.24) is 10.3 Å². The molecule has 2 aromatic carbocycles. The molecule has 0 radical (unpaired) electrons. The SMILES string of the molecule is Cc1nc(NC(=O)Nc2ccc(Cl)cc2)sc1C(=O)NCc1ccc2c(c1)OCO2. The normalized spacial score (nSPS) is 11.8. The van der Waals surface area contributed by atoms with Crippen LogP contribution in [0.4, 0.5) is 15.6 Å². The van der Waals surface area contributed by atoms with Gasteiger partial charge >= 0.3 is 6.03 Å². The molecule has 1 aromatic heterocycles. The molecule has 2 heterocycles. The Hall–Kier alpha value is -3.30. The summed E-state index contributed by atoms with van der Waals surface area (Å²) in [6.07, 6.45) is 0. The molecule has 0 atom stereocenters. The third-order valence-electron chi connectivity index (χ3n) is 4.22. The highest BCUT2D eigenvalue weighted by atomic mass is 35.5. The van der Waals surface area contributed by atoms with E-state index in [4.69, 9.17) is 21.1 Å². The third kappa shape index (κ3) is 4.64. The Morgan fingerprint density at radius 2 is 1.87 bits per heavy atom. The maximum Gasteiger partial charge on any atom is 0.325 e. The lowest BCUT2D eigenvalue weighted by Gasteiger charge is -2.05. The highest BCUT2D eigenvalue weighted by molar-refractivity contribution is 7.17. The number of carbonyl (C=O) groups is 2. The summed E-state index contributed by atoms with van der Waals surface area (Å²) >= 11 is 6.93. The molecule has 1 aliphatic rings. The average molecular weight is 445 g/mol. The molecule has 30 heavy (non-hydrogen) atoms. The summed E-state index contributed by atoms with van der Waals surface area (Å²) in [5.41, 5.74) is 2.01. The highest BCUT2D eigenvalue weighted by Gasteiger charge is 2.18.